The first-order valence-corrected chi connectivity index (χ1v) is 11.4. The van der Waals surface area contributed by atoms with E-state index in [-0.39, 0.29) is 0 Å². The van der Waals surface area contributed by atoms with Crippen LogP contribution in [0.1, 0.15) is 5.89 Å². The summed E-state index contributed by atoms with van der Waals surface area (Å²) in [6.07, 6.45) is 2.05. The molecule has 0 aliphatic rings. The quantitative estimate of drug-likeness (QED) is 0.321. The van der Waals surface area contributed by atoms with E-state index in [1.54, 1.807) is 11.8 Å². The summed E-state index contributed by atoms with van der Waals surface area (Å²) in [5.74, 6) is 1.70. The van der Waals surface area contributed by atoms with Crippen LogP contribution in [0.25, 0.3) is 22.6 Å². The number of thioether (sulfide) groups is 2. The Morgan fingerprint density at radius 1 is 0.964 bits per heavy atom. The number of aromatic nitrogens is 4. The second-order valence-corrected chi connectivity index (χ2v) is 8.59. The summed E-state index contributed by atoms with van der Waals surface area (Å²) in [4.78, 5) is 5.67. The predicted molar refractivity (Wildman–Crippen MR) is 116 cm³/mol. The van der Waals surface area contributed by atoms with E-state index in [0.717, 1.165) is 26.3 Å². The molecule has 0 saturated carbocycles. The van der Waals surface area contributed by atoms with Crippen LogP contribution in [0, 0.1) is 0 Å². The van der Waals surface area contributed by atoms with Crippen LogP contribution in [0.2, 0.25) is 0 Å². The van der Waals surface area contributed by atoms with Crippen molar-refractivity contribution in [2.45, 2.75) is 15.7 Å². The molecule has 0 N–H and O–H groups in total. The molecule has 140 valence electrons. The fraction of sp³-hybridized carbons (Fsp3) is 0.100. The van der Waals surface area contributed by atoms with E-state index in [0.29, 0.717) is 17.5 Å². The summed E-state index contributed by atoms with van der Waals surface area (Å²) in [6, 6.07) is 20.0. The third-order valence-corrected chi connectivity index (χ3v) is 6.06. The Morgan fingerprint density at radius 2 is 1.82 bits per heavy atom. The van der Waals surface area contributed by atoms with Crippen LogP contribution >= 0.6 is 39.5 Å². The Bertz CT molecular complexity index is 1070. The SMILES string of the molecule is CSc1ccc(-c2noc(CSc3ccc(-c4cccc(Br)c4)nn3)n2)cc1. The zero-order valence-electron chi connectivity index (χ0n) is 14.9. The second-order valence-electron chi connectivity index (χ2n) is 5.80. The molecule has 0 radical (unpaired) electrons. The second kappa shape index (κ2) is 8.89. The lowest BCUT2D eigenvalue weighted by molar-refractivity contribution is 0.391. The normalized spacial score (nSPS) is 10.9. The number of hydrogen-bond donors (Lipinski definition) is 0. The summed E-state index contributed by atoms with van der Waals surface area (Å²) in [6.45, 7) is 0. The van der Waals surface area contributed by atoms with Gasteiger partial charge in [0.15, 0.2) is 0 Å². The highest BCUT2D eigenvalue weighted by atomic mass is 79.9. The molecule has 2 aromatic heterocycles. The van der Waals surface area contributed by atoms with Gasteiger partial charge >= 0.3 is 0 Å². The molecule has 0 spiro atoms. The lowest BCUT2D eigenvalue weighted by atomic mass is 10.1. The number of benzene rings is 2. The summed E-state index contributed by atoms with van der Waals surface area (Å²) in [5, 5.41) is 13.5. The highest BCUT2D eigenvalue weighted by Gasteiger charge is 2.10. The minimum Gasteiger partial charge on any atom is -0.338 e. The van der Waals surface area contributed by atoms with Crippen LogP contribution in [-0.2, 0) is 5.75 Å². The number of rotatable bonds is 6. The van der Waals surface area contributed by atoms with E-state index in [4.69, 9.17) is 4.52 Å². The van der Waals surface area contributed by atoms with E-state index in [1.165, 1.54) is 16.7 Å². The van der Waals surface area contributed by atoms with Crippen molar-refractivity contribution in [2.75, 3.05) is 6.26 Å². The van der Waals surface area contributed by atoms with Gasteiger partial charge in [0.05, 0.1) is 11.4 Å². The smallest absolute Gasteiger partial charge is 0.237 e. The van der Waals surface area contributed by atoms with Crippen molar-refractivity contribution in [1.82, 2.24) is 20.3 Å². The van der Waals surface area contributed by atoms with Gasteiger partial charge in [-0.1, -0.05) is 45.0 Å². The first-order chi connectivity index (χ1) is 13.7. The van der Waals surface area contributed by atoms with Crippen LogP contribution in [-0.4, -0.2) is 26.6 Å². The molecule has 0 fully saturated rings. The summed E-state index contributed by atoms with van der Waals surface area (Å²) in [5.41, 5.74) is 2.79. The van der Waals surface area contributed by atoms with Crippen molar-refractivity contribution in [3.05, 3.63) is 71.0 Å². The van der Waals surface area contributed by atoms with Gasteiger partial charge in [-0.25, -0.2) is 0 Å². The van der Waals surface area contributed by atoms with Crippen molar-refractivity contribution in [1.29, 1.82) is 0 Å². The molecule has 2 aromatic carbocycles. The van der Waals surface area contributed by atoms with Gasteiger partial charge in [0, 0.05) is 20.5 Å². The maximum Gasteiger partial charge on any atom is 0.237 e. The molecule has 28 heavy (non-hydrogen) atoms. The maximum atomic E-state index is 5.36. The number of nitrogens with zero attached hydrogens (tertiary/aromatic N) is 4. The largest absolute Gasteiger partial charge is 0.338 e. The lowest BCUT2D eigenvalue weighted by Crippen LogP contribution is -1.90. The van der Waals surface area contributed by atoms with Crippen molar-refractivity contribution in [3.63, 3.8) is 0 Å². The zero-order valence-corrected chi connectivity index (χ0v) is 18.1. The third kappa shape index (κ3) is 4.63. The standard InChI is InChI=1S/C20H15BrN4OS2/c1-27-16-7-5-13(6-8-16)20-22-18(26-25-20)12-28-19-10-9-17(23-24-19)14-3-2-4-15(21)11-14/h2-11H,12H2,1H3. The Balaban J connectivity index is 1.40. The van der Waals surface area contributed by atoms with Crippen LogP contribution < -0.4 is 0 Å². The molecule has 4 rings (SSSR count). The summed E-state index contributed by atoms with van der Waals surface area (Å²) in [7, 11) is 0. The Labute approximate surface area is 179 Å². The molecule has 5 nitrogen and oxygen atoms in total. The number of hydrogen-bond acceptors (Lipinski definition) is 7. The Kier molecular flexibility index (Phi) is 6.09. The van der Waals surface area contributed by atoms with Gasteiger partial charge in [-0.15, -0.1) is 22.0 Å². The fourth-order valence-corrected chi connectivity index (χ4v) is 3.96. The molecule has 0 aliphatic carbocycles. The molecule has 0 bridgehead atoms. The first-order valence-electron chi connectivity index (χ1n) is 8.41. The Morgan fingerprint density at radius 3 is 2.54 bits per heavy atom. The highest BCUT2D eigenvalue weighted by Crippen LogP contribution is 2.25. The van der Waals surface area contributed by atoms with E-state index in [2.05, 4.69) is 36.3 Å². The van der Waals surface area contributed by atoms with Gasteiger partial charge < -0.3 is 4.52 Å². The summed E-state index contributed by atoms with van der Waals surface area (Å²) < 4.78 is 6.38. The summed E-state index contributed by atoms with van der Waals surface area (Å²) >= 11 is 6.69. The zero-order chi connectivity index (χ0) is 19.3. The molecule has 0 amide bonds. The molecule has 0 unspecified atom stereocenters. The minimum atomic E-state index is 0.542. The van der Waals surface area contributed by atoms with Gasteiger partial charge in [0.2, 0.25) is 11.7 Å². The average molecular weight is 471 g/mol. The van der Waals surface area contributed by atoms with Gasteiger partial charge in [-0.05, 0) is 54.8 Å². The molecule has 2 heterocycles. The topological polar surface area (TPSA) is 64.7 Å². The average Bonchev–Trinajstić information content (AvgIpc) is 3.22. The Hall–Kier alpha value is -2.16. The highest BCUT2D eigenvalue weighted by molar-refractivity contribution is 9.10. The van der Waals surface area contributed by atoms with Gasteiger partial charge in [-0.3, -0.25) is 0 Å². The predicted octanol–water partition coefficient (Wildman–Crippen LogP) is 5.97. The molecule has 4 aromatic rings. The van der Waals surface area contributed by atoms with Crippen molar-refractivity contribution in [3.8, 4) is 22.6 Å². The monoisotopic (exact) mass is 470 g/mol. The van der Waals surface area contributed by atoms with Crippen LogP contribution in [0.15, 0.2) is 79.6 Å². The molecular weight excluding hydrogens is 456 g/mol. The number of halogens is 1. The van der Waals surface area contributed by atoms with Crippen LogP contribution in [0.4, 0.5) is 0 Å². The van der Waals surface area contributed by atoms with Crippen LogP contribution in [0.5, 0.6) is 0 Å². The van der Waals surface area contributed by atoms with Crippen molar-refractivity contribution in [2.24, 2.45) is 0 Å². The molecule has 8 heteroatoms. The van der Waals surface area contributed by atoms with Gasteiger partial charge in [-0.2, -0.15) is 4.98 Å². The molecule has 0 aliphatic heterocycles. The van der Waals surface area contributed by atoms with Crippen molar-refractivity contribution >= 4 is 39.5 Å². The fourth-order valence-electron chi connectivity index (χ4n) is 2.51. The van der Waals surface area contributed by atoms with E-state index >= 15 is 0 Å². The molecular formula is C20H15BrN4OS2. The molecule has 0 atom stereocenters. The van der Waals surface area contributed by atoms with E-state index in [1.807, 2.05) is 66.9 Å². The molecule has 0 saturated heterocycles. The van der Waals surface area contributed by atoms with Crippen LogP contribution in [0.3, 0.4) is 0 Å². The minimum absolute atomic E-state index is 0.542. The van der Waals surface area contributed by atoms with Crippen molar-refractivity contribution < 1.29 is 4.52 Å². The lowest BCUT2D eigenvalue weighted by Gasteiger charge is -2.02. The first kappa shape index (κ1) is 19.2. The maximum absolute atomic E-state index is 5.36. The van der Waals surface area contributed by atoms with E-state index in [9.17, 15) is 0 Å². The third-order valence-electron chi connectivity index (χ3n) is 3.92. The van der Waals surface area contributed by atoms with E-state index < -0.39 is 0 Å². The van der Waals surface area contributed by atoms with Gasteiger partial charge in [0.25, 0.3) is 0 Å². The van der Waals surface area contributed by atoms with Gasteiger partial charge in [0.1, 0.15) is 5.03 Å².